The number of rotatable bonds is 9. The first-order chi connectivity index (χ1) is 17.8. The highest BCUT2D eigenvalue weighted by atomic mass is 35.5. The normalized spacial score (nSPS) is 13.4. The highest BCUT2D eigenvalue weighted by Crippen LogP contribution is 2.31. The number of nitriles is 1. The van der Waals surface area contributed by atoms with Gasteiger partial charge in [0.05, 0.1) is 16.8 Å². The van der Waals surface area contributed by atoms with Crippen LogP contribution in [0.5, 0.6) is 0 Å². The molecule has 0 aliphatic rings. The summed E-state index contributed by atoms with van der Waals surface area (Å²) in [6, 6.07) is 12.3. The average molecular weight is 541 g/mol. The van der Waals surface area contributed by atoms with E-state index in [1.54, 1.807) is 45.0 Å². The summed E-state index contributed by atoms with van der Waals surface area (Å²) in [5, 5.41) is 15.6. The molecule has 0 saturated carbocycles. The van der Waals surface area contributed by atoms with Gasteiger partial charge in [-0.1, -0.05) is 68.3 Å². The van der Waals surface area contributed by atoms with Gasteiger partial charge < -0.3 is 20.3 Å². The monoisotopic (exact) mass is 540 g/mol. The number of para-hydroxylation sites is 1. The van der Waals surface area contributed by atoms with Gasteiger partial charge in [0.15, 0.2) is 0 Å². The number of benzene rings is 2. The number of anilines is 1. The van der Waals surface area contributed by atoms with Gasteiger partial charge in [-0.05, 0) is 63.3 Å². The lowest BCUT2D eigenvalue weighted by molar-refractivity contribution is -0.141. The van der Waals surface area contributed by atoms with Crippen LogP contribution in [0.3, 0.4) is 0 Å². The van der Waals surface area contributed by atoms with Crippen LogP contribution < -0.4 is 10.6 Å². The minimum Gasteiger partial charge on any atom is -0.444 e. The summed E-state index contributed by atoms with van der Waals surface area (Å²) in [4.78, 5) is 41.8. The number of hydrogen-bond acceptors (Lipinski definition) is 5. The quantitative estimate of drug-likeness (QED) is 0.383. The summed E-state index contributed by atoms with van der Waals surface area (Å²) in [6.07, 6.45) is -0.191. The van der Waals surface area contributed by atoms with Crippen LogP contribution in [0.1, 0.15) is 63.8 Å². The third-order valence-corrected chi connectivity index (χ3v) is 6.50. The zero-order chi connectivity index (χ0) is 28.6. The summed E-state index contributed by atoms with van der Waals surface area (Å²) in [6.45, 7) is 12.2. The Bertz CT molecular complexity index is 1180. The molecule has 3 unspecified atom stereocenters. The van der Waals surface area contributed by atoms with E-state index in [0.717, 1.165) is 11.1 Å². The molecule has 2 aromatic carbocycles. The molecular weight excluding hydrogens is 504 g/mol. The molecule has 0 aliphatic carbocycles. The van der Waals surface area contributed by atoms with Crippen LogP contribution in [0.25, 0.3) is 0 Å². The fraction of sp³-hybridized carbons (Fsp3) is 0.448. The maximum absolute atomic E-state index is 14.1. The van der Waals surface area contributed by atoms with Crippen LogP contribution in [-0.4, -0.2) is 41.0 Å². The van der Waals surface area contributed by atoms with Crippen molar-refractivity contribution in [2.24, 2.45) is 5.92 Å². The number of carbonyl (C=O) groups is 3. The number of carbonyl (C=O) groups excluding carboxylic acids is 3. The van der Waals surface area contributed by atoms with E-state index >= 15 is 0 Å². The van der Waals surface area contributed by atoms with Gasteiger partial charge >= 0.3 is 6.09 Å². The lowest BCUT2D eigenvalue weighted by Crippen LogP contribution is -2.54. The Morgan fingerprint density at radius 3 is 2.26 bits per heavy atom. The van der Waals surface area contributed by atoms with E-state index in [0.29, 0.717) is 22.7 Å². The van der Waals surface area contributed by atoms with E-state index in [-0.39, 0.29) is 12.5 Å². The topological polar surface area (TPSA) is 112 Å². The number of alkyl carbamates (subject to hydrolysis) is 1. The molecule has 3 atom stereocenters. The molecule has 2 rings (SSSR count). The summed E-state index contributed by atoms with van der Waals surface area (Å²) in [5.41, 5.74) is 1.72. The zero-order valence-electron chi connectivity index (χ0n) is 23.1. The molecule has 2 aromatic rings. The van der Waals surface area contributed by atoms with E-state index in [1.807, 2.05) is 52.0 Å². The molecule has 8 nitrogen and oxygen atoms in total. The summed E-state index contributed by atoms with van der Waals surface area (Å²) >= 11 is 6.37. The predicted molar refractivity (Wildman–Crippen MR) is 149 cm³/mol. The van der Waals surface area contributed by atoms with Crippen LogP contribution in [-0.2, 0) is 14.3 Å². The van der Waals surface area contributed by atoms with Gasteiger partial charge in [0.2, 0.25) is 5.91 Å². The molecule has 0 aliphatic heterocycles. The second-order valence-electron chi connectivity index (χ2n) is 10.3. The van der Waals surface area contributed by atoms with Crippen LogP contribution >= 0.6 is 11.6 Å². The Morgan fingerprint density at radius 1 is 1.08 bits per heavy atom. The number of halogens is 1. The van der Waals surface area contributed by atoms with E-state index in [9.17, 15) is 19.6 Å². The van der Waals surface area contributed by atoms with Gasteiger partial charge in [0.25, 0.3) is 5.91 Å². The molecule has 2 N–H and O–H groups in total. The molecule has 0 saturated heterocycles. The second-order valence-corrected chi connectivity index (χ2v) is 10.7. The minimum atomic E-state index is -1.16. The van der Waals surface area contributed by atoms with Gasteiger partial charge in [0.1, 0.15) is 24.2 Å². The molecular formula is C29H37ClN4O4. The number of amides is 3. The Morgan fingerprint density at radius 2 is 1.71 bits per heavy atom. The van der Waals surface area contributed by atoms with Crippen molar-refractivity contribution in [1.29, 1.82) is 5.26 Å². The number of nitrogens with one attached hydrogen (secondary N) is 2. The fourth-order valence-corrected chi connectivity index (χ4v) is 4.26. The maximum atomic E-state index is 14.1. The van der Waals surface area contributed by atoms with Crippen molar-refractivity contribution in [3.8, 4) is 6.07 Å². The number of aryl methyl sites for hydroxylation is 2. The molecule has 204 valence electrons. The Kier molecular flexibility index (Phi) is 10.7. The molecule has 0 heterocycles. The molecule has 0 fully saturated rings. The minimum absolute atomic E-state index is 0.303. The van der Waals surface area contributed by atoms with Gasteiger partial charge in [0, 0.05) is 0 Å². The maximum Gasteiger partial charge on any atom is 0.408 e. The van der Waals surface area contributed by atoms with Crippen molar-refractivity contribution in [2.45, 2.75) is 72.6 Å². The highest BCUT2D eigenvalue weighted by Gasteiger charge is 2.38. The number of hydrogen-bond donors (Lipinski definition) is 2. The molecule has 0 spiro atoms. The summed E-state index contributed by atoms with van der Waals surface area (Å²) < 4.78 is 5.39. The SMILES string of the molecule is CCC(C)C(NC(=O)OC(C)(C)C)C(=O)N(CC#N)C(C(=O)Nc1c(C)cccc1Cl)c1ccccc1C. The van der Waals surface area contributed by atoms with Crippen molar-refractivity contribution >= 4 is 35.2 Å². The van der Waals surface area contributed by atoms with Crippen LogP contribution in [0.2, 0.25) is 5.02 Å². The van der Waals surface area contributed by atoms with Gasteiger partial charge in [-0.15, -0.1) is 0 Å². The summed E-state index contributed by atoms with van der Waals surface area (Å²) in [5.74, 6) is -1.40. The molecule has 0 aromatic heterocycles. The van der Waals surface area contributed by atoms with E-state index < -0.39 is 35.6 Å². The second kappa shape index (κ2) is 13.3. The third kappa shape index (κ3) is 7.96. The number of ether oxygens (including phenoxy) is 1. The predicted octanol–water partition coefficient (Wildman–Crippen LogP) is 5.93. The largest absolute Gasteiger partial charge is 0.444 e. The van der Waals surface area contributed by atoms with Gasteiger partial charge in [-0.25, -0.2) is 4.79 Å². The number of nitrogens with zero attached hydrogens (tertiary/aromatic N) is 2. The van der Waals surface area contributed by atoms with E-state index in [2.05, 4.69) is 10.6 Å². The van der Waals surface area contributed by atoms with Crippen LogP contribution in [0.15, 0.2) is 42.5 Å². The van der Waals surface area contributed by atoms with Crippen molar-refractivity contribution in [2.75, 3.05) is 11.9 Å². The first-order valence-electron chi connectivity index (χ1n) is 12.6. The summed E-state index contributed by atoms with van der Waals surface area (Å²) in [7, 11) is 0. The van der Waals surface area contributed by atoms with Gasteiger partial charge in [-0.3, -0.25) is 9.59 Å². The Hall–Kier alpha value is -3.57. The van der Waals surface area contributed by atoms with E-state index in [1.165, 1.54) is 4.90 Å². The zero-order valence-corrected chi connectivity index (χ0v) is 23.8. The lowest BCUT2D eigenvalue weighted by atomic mass is 9.94. The first-order valence-corrected chi connectivity index (χ1v) is 13.0. The Labute approximate surface area is 230 Å². The standard InChI is InChI=1S/C29H37ClN4O4/c1-8-18(2)24(33-28(37)38-29(5,6)7)27(36)34(17-16-31)25(21-14-10-9-12-19(21)3)26(35)32-23-20(4)13-11-15-22(23)30/h9-15,18,24-25H,8,17H2,1-7H3,(H,32,35)(H,33,37). The molecule has 9 heteroatoms. The Balaban J connectivity index is 2.58. The molecule has 38 heavy (non-hydrogen) atoms. The first kappa shape index (κ1) is 30.7. The van der Waals surface area contributed by atoms with Crippen molar-refractivity contribution in [1.82, 2.24) is 10.2 Å². The van der Waals surface area contributed by atoms with Crippen LogP contribution in [0.4, 0.5) is 10.5 Å². The third-order valence-electron chi connectivity index (χ3n) is 6.19. The van der Waals surface area contributed by atoms with Crippen molar-refractivity contribution in [3.63, 3.8) is 0 Å². The van der Waals surface area contributed by atoms with Crippen LogP contribution in [0, 0.1) is 31.1 Å². The van der Waals surface area contributed by atoms with Crippen molar-refractivity contribution < 1.29 is 19.1 Å². The molecule has 0 bridgehead atoms. The van der Waals surface area contributed by atoms with E-state index in [4.69, 9.17) is 16.3 Å². The molecule has 0 radical (unpaired) electrons. The molecule has 3 amide bonds. The average Bonchev–Trinajstić information content (AvgIpc) is 2.83. The van der Waals surface area contributed by atoms with Crippen molar-refractivity contribution in [3.05, 3.63) is 64.2 Å². The van der Waals surface area contributed by atoms with Gasteiger partial charge in [-0.2, -0.15) is 5.26 Å². The lowest BCUT2D eigenvalue weighted by Gasteiger charge is -2.35. The fourth-order valence-electron chi connectivity index (χ4n) is 3.99. The smallest absolute Gasteiger partial charge is 0.408 e. The highest BCUT2D eigenvalue weighted by molar-refractivity contribution is 6.34.